The molecular formula is C39H50N4O8. The third-order valence-electron chi connectivity index (χ3n) is 8.68. The highest BCUT2D eigenvalue weighted by Gasteiger charge is 2.39. The van der Waals surface area contributed by atoms with E-state index in [0.29, 0.717) is 0 Å². The predicted octanol–water partition coefficient (Wildman–Crippen LogP) is 3.74. The van der Waals surface area contributed by atoms with Gasteiger partial charge in [0.25, 0.3) is 0 Å². The van der Waals surface area contributed by atoms with Crippen molar-refractivity contribution < 1.29 is 38.6 Å². The van der Waals surface area contributed by atoms with Crippen LogP contribution in [0.1, 0.15) is 50.8 Å². The Hall–Kier alpha value is -5.07. The van der Waals surface area contributed by atoms with Gasteiger partial charge in [0.1, 0.15) is 18.7 Å². The number of esters is 1. The van der Waals surface area contributed by atoms with Crippen LogP contribution in [0.25, 0.3) is 0 Å². The van der Waals surface area contributed by atoms with Crippen molar-refractivity contribution in [2.45, 2.75) is 77.8 Å². The summed E-state index contributed by atoms with van der Waals surface area (Å²) in [7, 11) is 1.22. The van der Waals surface area contributed by atoms with Gasteiger partial charge in [0.2, 0.25) is 11.8 Å². The molecular weight excluding hydrogens is 652 g/mol. The Labute approximate surface area is 299 Å². The number of carbonyl (C=O) groups excluding carboxylic acids is 5. The van der Waals surface area contributed by atoms with Gasteiger partial charge in [-0.3, -0.25) is 19.4 Å². The summed E-state index contributed by atoms with van der Waals surface area (Å²) in [4.78, 5) is 66.0. The van der Waals surface area contributed by atoms with Gasteiger partial charge >= 0.3 is 12.1 Å². The minimum Gasteiger partial charge on any atom is -0.467 e. The molecule has 0 saturated heterocycles. The monoisotopic (exact) mass is 702 g/mol. The van der Waals surface area contributed by atoms with Gasteiger partial charge < -0.3 is 25.2 Å². The van der Waals surface area contributed by atoms with E-state index in [0.717, 1.165) is 21.7 Å². The first-order chi connectivity index (χ1) is 24.3. The fourth-order valence-electron chi connectivity index (χ4n) is 5.83. The molecule has 0 aromatic heterocycles. The number of hydrogen-bond acceptors (Lipinski definition) is 9. The number of ether oxygens (including phenoxy) is 2. The van der Waals surface area contributed by atoms with Crippen LogP contribution < -0.4 is 16.5 Å². The average molecular weight is 703 g/mol. The second kappa shape index (κ2) is 19.9. The summed E-state index contributed by atoms with van der Waals surface area (Å²) in [6.45, 7) is 6.46. The van der Waals surface area contributed by atoms with Crippen LogP contribution in [0.3, 0.4) is 0 Å². The first-order valence-electron chi connectivity index (χ1n) is 17.0. The van der Waals surface area contributed by atoms with E-state index >= 15 is 0 Å². The normalized spacial score (nSPS) is 14.6. The summed E-state index contributed by atoms with van der Waals surface area (Å²) >= 11 is 0. The molecule has 1 unspecified atom stereocenters. The number of amides is 3. The number of alkyl carbamates (subject to hydrolysis) is 1. The standard InChI is InChI=1S/C39H50N4O8/c1-25(2)34(38(48)50-5)43(40)37(47)31(21-28-15-9-6-10-16-28)23-33(44)32(22-29-17-11-7-12-18-29)35(45)26(3)41-36(46)27(4)42-39(49)51-24-30-19-13-8-14-20-30/h6-20,25-27,31-34,44H,21-24,40H2,1-5H3,(H,41,46)(H,42,49)/t26-,27-,31-,32-,33?,34+/m0/s1. The number of ketones is 1. The van der Waals surface area contributed by atoms with Gasteiger partial charge in [-0.05, 0) is 55.7 Å². The Morgan fingerprint density at radius 3 is 1.76 bits per heavy atom. The number of rotatable bonds is 18. The van der Waals surface area contributed by atoms with Gasteiger partial charge in [-0.25, -0.2) is 15.4 Å². The summed E-state index contributed by atoms with van der Waals surface area (Å²) < 4.78 is 10.1. The van der Waals surface area contributed by atoms with E-state index in [1.165, 1.54) is 21.0 Å². The fraction of sp³-hybridized carbons (Fsp3) is 0.410. The SMILES string of the molecule is COC(=O)[C@@H](C(C)C)N(N)C(=O)[C@@H](Cc1ccccc1)CC(O)[C@H](Cc1ccccc1)C(=O)[C@H](C)NC(=O)[C@H](C)NC(=O)OCc1ccccc1. The van der Waals surface area contributed by atoms with Crippen molar-refractivity contribution in [1.29, 1.82) is 0 Å². The highest BCUT2D eigenvalue weighted by atomic mass is 16.5. The number of nitrogens with zero attached hydrogens (tertiary/aromatic N) is 1. The minimum absolute atomic E-state index is 0.0193. The summed E-state index contributed by atoms with van der Waals surface area (Å²) in [6, 6.07) is 24.2. The molecule has 0 aliphatic rings. The van der Waals surface area contributed by atoms with E-state index in [2.05, 4.69) is 10.6 Å². The van der Waals surface area contributed by atoms with Crippen LogP contribution >= 0.6 is 0 Å². The second-order valence-corrected chi connectivity index (χ2v) is 13.0. The molecule has 274 valence electrons. The number of hydrogen-bond donors (Lipinski definition) is 4. The predicted molar refractivity (Wildman–Crippen MR) is 191 cm³/mol. The highest BCUT2D eigenvalue weighted by molar-refractivity contribution is 5.93. The van der Waals surface area contributed by atoms with E-state index in [4.69, 9.17) is 15.3 Å². The lowest BCUT2D eigenvalue weighted by Crippen LogP contribution is -2.55. The van der Waals surface area contributed by atoms with Crippen LogP contribution in [0.5, 0.6) is 0 Å². The minimum atomic E-state index is -1.35. The molecule has 0 fully saturated rings. The number of nitrogens with two attached hydrogens (primary N) is 1. The van der Waals surface area contributed by atoms with E-state index < -0.39 is 65.7 Å². The van der Waals surface area contributed by atoms with Crippen molar-refractivity contribution in [3.05, 3.63) is 108 Å². The molecule has 6 atom stereocenters. The average Bonchev–Trinajstić information content (AvgIpc) is 3.13. The third-order valence-corrected chi connectivity index (χ3v) is 8.68. The molecule has 3 rings (SSSR count). The molecule has 0 aliphatic heterocycles. The van der Waals surface area contributed by atoms with Crippen LogP contribution in [0.15, 0.2) is 91.0 Å². The van der Waals surface area contributed by atoms with Crippen molar-refractivity contribution in [3.63, 3.8) is 0 Å². The Balaban J connectivity index is 1.79. The van der Waals surface area contributed by atoms with Gasteiger partial charge in [0.15, 0.2) is 5.78 Å². The van der Waals surface area contributed by atoms with E-state index in [1.807, 2.05) is 78.9 Å². The molecule has 0 bridgehead atoms. The quantitative estimate of drug-likeness (QED) is 0.0666. The molecule has 0 spiro atoms. The van der Waals surface area contributed by atoms with Gasteiger partial charge in [-0.1, -0.05) is 105 Å². The molecule has 0 aliphatic carbocycles. The molecule has 12 heteroatoms. The van der Waals surface area contributed by atoms with Gasteiger partial charge in [-0.2, -0.15) is 0 Å². The first kappa shape index (κ1) is 40.4. The molecule has 3 amide bonds. The lowest BCUT2D eigenvalue weighted by Gasteiger charge is -2.33. The zero-order valence-electron chi connectivity index (χ0n) is 29.9. The maximum atomic E-state index is 14.0. The maximum absolute atomic E-state index is 14.0. The Morgan fingerprint density at radius 1 is 0.745 bits per heavy atom. The van der Waals surface area contributed by atoms with Crippen molar-refractivity contribution in [1.82, 2.24) is 15.6 Å². The van der Waals surface area contributed by atoms with E-state index in [1.54, 1.807) is 26.0 Å². The Bertz CT molecular complexity index is 1570. The molecule has 12 nitrogen and oxygen atoms in total. The number of hydrazine groups is 1. The van der Waals surface area contributed by atoms with Crippen molar-refractivity contribution >= 4 is 29.7 Å². The fourth-order valence-corrected chi connectivity index (χ4v) is 5.83. The molecule has 0 saturated carbocycles. The molecule has 0 heterocycles. The van der Waals surface area contributed by atoms with Crippen molar-refractivity contribution in [2.24, 2.45) is 23.6 Å². The first-order valence-corrected chi connectivity index (χ1v) is 17.0. The van der Waals surface area contributed by atoms with Gasteiger partial charge in [0.05, 0.1) is 19.3 Å². The van der Waals surface area contributed by atoms with E-state index in [9.17, 15) is 29.1 Å². The Kier molecular flexibility index (Phi) is 15.8. The van der Waals surface area contributed by atoms with Crippen molar-refractivity contribution in [3.8, 4) is 0 Å². The number of aliphatic hydroxyl groups excluding tert-OH is 1. The maximum Gasteiger partial charge on any atom is 0.408 e. The number of methoxy groups -OCH3 is 1. The van der Waals surface area contributed by atoms with Crippen LogP contribution in [0, 0.1) is 17.8 Å². The zero-order valence-corrected chi connectivity index (χ0v) is 29.9. The van der Waals surface area contributed by atoms with Crippen molar-refractivity contribution in [2.75, 3.05) is 7.11 Å². The van der Waals surface area contributed by atoms with Crippen LogP contribution in [-0.2, 0) is 48.1 Å². The second-order valence-electron chi connectivity index (χ2n) is 13.0. The molecule has 3 aromatic rings. The molecule has 3 aromatic carbocycles. The molecule has 51 heavy (non-hydrogen) atoms. The topological polar surface area (TPSA) is 177 Å². The van der Waals surface area contributed by atoms with Crippen LogP contribution in [0.2, 0.25) is 0 Å². The van der Waals surface area contributed by atoms with Crippen LogP contribution in [0.4, 0.5) is 4.79 Å². The summed E-state index contributed by atoms with van der Waals surface area (Å²) in [5.41, 5.74) is 2.34. The number of Topliss-reactive ketones (excluding diaryl/α,β-unsaturated/α-hetero) is 1. The molecule has 5 N–H and O–H groups in total. The largest absolute Gasteiger partial charge is 0.467 e. The number of carbonyl (C=O) groups is 5. The van der Waals surface area contributed by atoms with Gasteiger partial charge in [0, 0.05) is 11.8 Å². The number of aliphatic hydroxyl groups is 1. The third kappa shape index (κ3) is 12.3. The summed E-state index contributed by atoms with van der Waals surface area (Å²) in [5, 5.41) is 17.8. The number of nitrogens with one attached hydrogen (secondary N) is 2. The zero-order chi connectivity index (χ0) is 37.5. The summed E-state index contributed by atoms with van der Waals surface area (Å²) in [6.07, 6.45) is -2.01. The lowest BCUT2D eigenvalue weighted by molar-refractivity contribution is -0.157. The number of benzene rings is 3. The summed E-state index contributed by atoms with van der Waals surface area (Å²) in [5.74, 6) is 1.61. The highest BCUT2D eigenvalue weighted by Crippen LogP contribution is 2.26. The van der Waals surface area contributed by atoms with Crippen LogP contribution in [-0.4, -0.2) is 71.1 Å². The lowest BCUT2D eigenvalue weighted by atomic mass is 9.81. The Morgan fingerprint density at radius 2 is 1.25 bits per heavy atom. The van der Waals surface area contributed by atoms with E-state index in [-0.39, 0.29) is 31.8 Å². The smallest absolute Gasteiger partial charge is 0.408 e. The molecule has 0 radical (unpaired) electrons. The van der Waals surface area contributed by atoms with Gasteiger partial charge in [-0.15, -0.1) is 0 Å².